The molecule has 1 saturated heterocycles. The first-order valence-corrected chi connectivity index (χ1v) is 9.60. The summed E-state index contributed by atoms with van der Waals surface area (Å²) in [5, 5.41) is 21.1. The first-order chi connectivity index (χ1) is 15.0. The maximum atomic E-state index is 13.0. The zero-order valence-corrected chi connectivity index (χ0v) is 16.7. The Kier molecular flexibility index (Phi) is 5.41. The average Bonchev–Trinajstić information content (AvgIpc) is 3.04. The molecule has 1 unspecified atom stereocenters. The van der Waals surface area contributed by atoms with Crippen molar-refractivity contribution < 1.29 is 24.5 Å². The first-order valence-electron chi connectivity index (χ1n) is 9.60. The Hall–Kier alpha value is -4.13. The van der Waals surface area contributed by atoms with Crippen LogP contribution in [0.3, 0.4) is 0 Å². The van der Waals surface area contributed by atoms with Gasteiger partial charge in [-0.2, -0.15) is 0 Å². The minimum Gasteiger partial charge on any atom is -0.508 e. The molecule has 0 bridgehead atoms. The summed E-state index contributed by atoms with van der Waals surface area (Å²) in [6.07, 6.45) is 3.21. The maximum Gasteiger partial charge on any atom is 0.295 e. The van der Waals surface area contributed by atoms with Crippen LogP contribution in [0.15, 0.2) is 78.6 Å². The lowest BCUT2D eigenvalue weighted by atomic mass is 9.95. The van der Waals surface area contributed by atoms with Crippen LogP contribution in [0.1, 0.15) is 22.7 Å². The molecule has 156 valence electrons. The summed E-state index contributed by atoms with van der Waals surface area (Å²) in [7, 11) is 1.50. The van der Waals surface area contributed by atoms with Crippen LogP contribution in [0.5, 0.6) is 11.5 Å². The molecule has 1 atom stereocenters. The number of methoxy groups -OCH3 is 1. The molecule has 1 fully saturated rings. The number of pyridine rings is 1. The summed E-state index contributed by atoms with van der Waals surface area (Å²) >= 11 is 0. The van der Waals surface area contributed by atoms with Crippen molar-refractivity contribution in [3.8, 4) is 11.5 Å². The molecule has 3 aromatic rings. The van der Waals surface area contributed by atoms with E-state index in [9.17, 15) is 19.8 Å². The van der Waals surface area contributed by atoms with E-state index in [1.165, 1.54) is 24.1 Å². The summed E-state index contributed by atoms with van der Waals surface area (Å²) < 4.78 is 5.21. The van der Waals surface area contributed by atoms with Crippen LogP contribution in [0.2, 0.25) is 0 Å². The van der Waals surface area contributed by atoms with Gasteiger partial charge < -0.3 is 19.8 Å². The van der Waals surface area contributed by atoms with Gasteiger partial charge in [-0.05, 0) is 47.5 Å². The minimum absolute atomic E-state index is 0.00613. The summed E-state index contributed by atoms with van der Waals surface area (Å²) in [6, 6.07) is 15.6. The van der Waals surface area contributed by atoms with Crippen molar-refractivity contribution >= 4 is 17.4 Å². The highest BCUT2D eigenvalue weighted by Gasteiger charge is 2.46. The van der Waals surface area contributed by atoms with Crippen LogP contribution in [0, 0.1) is 0 Å². The van der Waals surface area contributed by atoms with E-state index < -0.39 is 17.7 Å². The number of aliphatic hydroxyl groups excluding tert-OH is 1. The Balaban J connectivity index is 1.87. The average molecular weight is 416 g/mol. The number of amides is 1. The number of carbonyl (C=O) groups excluding carboxylic acids is 2. The molecule has 0 saturated carbocycles. The summed E-state index contributed by atoms with van der Waals surface area (Å²) in [5.74, 6) is -1.32. The maximum absolute atomic E-state index is 13.0. The number of hydrogen-bond donors (Lipinski definition) is 2. The number of ketones is 1. The van der Waals surface area contributed by atoms with Crippen LogP contribution < -0.4 is 4.74 Å². The number of aromatic nitrogens is 1. The first kappa shape index (κ1) is 20.2. The van der Waals surface area contributed by atoms with Crippen molar-refractivity contribution in [1.29, 1.82) is 0 Å². The number of phenols is 1. The van der Waals surface area contributed by atoms with Gasteiger partial charge in [-0.1, -0.05) is 24.3 Å². The molecule has 4 rings (SSSR count). The highest BCUT2D eigenvalue weighted by molar-refractivity contribution is 6.46. The van der Waals surface area contributed by atoms with Crippen LogP contribution in [0.4, 0.5) is 0 Å². The van der Waals surface area contributed by atoms with E-state index in [0.717, 1.165) is 5.56 Å². The molecule has 0 radical (unpaired) electrons. The fourth-order valence-corrected chi connectivity index (χ4v) is 3.70. The van der Waals surface area contributed by atoms with Crippen molar-refractivity contribution in [3.05, 3.63) is 95.3 Å². The van der Waals surface area contributed by atoms with Crippen LogP contribution in [-0.2, 0) is 16.1 Å². The molecule has 1 aliphatic heterocycles. The van der Waals surface area contributed by atoms with Crippen molar-refractivity contribution in [1.82, 2.24) is 9.88 Å². The fourth-order valence-electron chi connectivity index (χ4n) is 3.70. The molecule has 7 heteroatoms. The third-order valence-corrected chi connectivity index (χ3v) is 5.17. The summed E-state index contributed by atoms with van der Waals surface area (Å²) in [5.41, 5.74) is 1.60. The van der Waals surface area contributed by atoms with Crippen molar-refractivity contribution in [2.75, 3.05) is 7.11 Å². The molecule has 1 amide bonds. The highest BCUT2D eigenvalue weighted by Crippen LogP contribution is 2.41. The third kappa shape index (κ3) is 3.85. The topological polar surface area (TPSA) is 100.0 Å². The fraction of sp³-hybridized carbons (Fsp3) is 0.125. The molecule has 2 aromatic carbocycles. The lowest BCUT2D eigenvalue weighted by Crippen LogP contribution is -2.29. The van der Waals surface area contributed by atoms with Gasteiger partial charge in [0.2, 0.25) is 0 Å². The molecule has 1 aliphatic rings. The van der Waals surface area contributed by atoms with Crippen LogP contribution in [0.25, 0.3) is 5.76 Å². The second-order valence-electron chi connectivity index (χ2n) is 7.11. The monoisotopic (exact) mass is 416 g/mol. The Labute approximate surface area is 178 Å². The van der Waals surface area contributed by atoms with Gasteiger partial charge in [-0.15, -0.1) is 0 Å². The minimum atomic E-state index is -0.869. The molecule has 2 N–H and O–H groups in total. The number of aliphatic hydroxyl groups is 1. The SMILES string of the molecule is COc1cccc(/C(O)=C2/C(=O)C(=O)N(Cc3ccncc3)C2c2cccc(O)c2)c1. The van der Waals surface area contributed by atoms with Crippen LogP contribution in [-0.4, -0.2) is 38.9 Å². The quantitative estimate of drug-likeness (QED) is 0.376. The number of phenolic OH excluding ortho intramolecular Hbond substituents is 1. The molecular formula is C24H20N2O5. The number of ether oxygens (including phenoxy) is 1. The Bertz CT molecular complexity index is 1170. The second kappa shape index (κ2) is 8.31. The zero-order chi connectivity index (χ0) is 22.0. The third-order valence-electron chi connectivity index (χ3n) is 5.17. The normalized spacial score (nSPS) is 17.7. The van der Waals surface area contributed by atoms with Gasteiger partial charge in [0.25, 0.3) is 11.7 Å². The van der Waals surface area contributed by atoms with E-state index >= 15 is 0 Å². The van der Waals surface area contributed by atoms with Gasteiger partial charge in [-0.3, -0.25) is 14.6 Å². The molecule has 31 heavy (non-hydrogen) atoms. The van der Waals surface area contributed by atoms with E-state index in [0.29, 0.717) is 16.9 Å². The van der Waals surface area contributed by atoms with Crippen molar-refractivity contribution in [3.63, 3.8) is 0 Å². The number of benzene rings is 2. The highest BCUT2D eigenvalue weighted by atomic mass is 16.5. The van der Waals surface area contributed by atoms with E-state index in [-0.39, 0.29) is 23.6 Å². The van der Waals surface area contributed by atoms with Gasteiger partial charge in [0.05, 0.1) is 18.7 Å². The van der Waals surface area contributed by atoms with E-state index in [1.54, 1.807) is 60.9 Å². The number of Topliss-reactive ketones (excluding diaryl/α,β-unsaturated/α-hetero) is 1. The van der Waals surface area contributed by atoms with E-state index in [4.69, 9.17) is 4.74 Å². The van der Waals surface area contributed by atoms with Gasteiger partial charge in [0.15, 0.2) is 0 Å². The van der Waals surface area contributed by atoms with Gasteiger partial charge in [0.1, 0.15) is 17.3 Å². The lowest BCUT2D eigenvalue weighted by molar-refractivity contribution is -0.140. The predicted molar refractivity (Wildman–Crippen MR) is 113 cm³/mol. The smallest absolute Gasteiger partial charge is 0.295 e. The summed E-state index contributed by atoms with van der Waals surface area (Å²) in [6.45, 7) is 0.141. The number of aromatic hydroxyl groups is 1. The number of hydrogen-bond acceptors (Lipinski definition) is 6. The second-order valence-corrected chi connectivity index (χ2v) is 7.11. The lowest BCUT2D eigenvalue weighted by Gasteiger charge is -2.25. The van der Waals surface area contributed by atoms with E-state index in [2.05, 4.69) is 4.98 Å². The molecule has 1 aromatic heterocycles. The molecule has 0 aliphatic carbocycles. The van der Waals surface area contributed by atoms with Gasteiger partial charge in [0, 0.05) is 24.5 Å². The molecule has 7 nitrogen and oxygen atoms in total. The largest absolute Gasteiger partial charge is 0.508 e. The summed E-state index contributed by atoms with van der Waals surface area (Å²) in [4.78, 5) is 31.4. The number of likely N-dealkylation sites (tertiary alicyclic amines) is 1. The Morgan fingerprint density at radius 3 is 2.52 bits per heavy atom. The predicted octanol–water partition coefficient (Wildman–Crippen LogP) is 3.42. The molecule has 0 spiro atoms. The molecule has 2 heterocycles. The Morgan fingerprint density at radius 1 is 1.06 bits per heavy atom. The molecular weight excluding hydrogens is 396 g/mol. The van der Waals surface area contributed by atoms with Crippen molar-refractivity contribution in [2.45, 2.75) is 12.6 Å². The zero-order valence-electron chi connectivity index (χ0n) is 16.7. The van der Waals surface area contributed by atoms with Gasteiger partial charge >= 0.3 is 0 Å². The van der Waals surface area contributed by atoms with Crippen molar-refractivity contribution in [2.24, 2.45) is 0 Å². The number of nitrogens with zero attached hydrogens (tertiary/aromatic N) is 2. The number of rotatable bonds is 5. The van der Waals surface area contributed by atoms with Crippen LogP contribution >= 0.6 is 0 Å². The number of carbonyl (C=O) groups is 2. The van der Waals surface area contributed by atoms with E-state index in [1.807, 2.05) is 0 Å². The standard InChI is InChI=1S/C24H20N2O5/c1-31-19-7-3-5-17(13-19)22(28)20-21(16-4-2-6-18(27)12-16)26(24(30)23(20)29)14-15-8-10-25-11-9-15/h2-13,21,27-28H,14H2,1H3/b22-20-. The van der Waals surface area contributed by atoms with Gasteiger partial charge in [-0.25, -0.2) is 0 Å². The Morgan fingerprint density at radius 2 is 1.81 bits per heavy atom.